The van der Waals surface area contributed by atoms with Crippen LogP contribution in [0.3, 0.4) is 0 Å². The Bertz CT molecular complexity index is 119. The van der Waals surface area contributed by atoms with Gasteiger partial charge in [-0.15, -0.1) is 0 Å². The molecule has 0 fully saturated rings. The Balaban J connectivity index is 2.95. The molecule has 12 heavy (non-hydrogen) atoms. The zero-order valence-electron chi connectivity index (χ0n) is 7.30. The molecule has 3 N–H and O–H groups in total. The topological polar surface area (TPSA) is 70.6 Å². The molecule has 0 spiro atoms. The summed E-state index contributed by atoms with van der Waals surface area (Å²) >= 11 is 0. The lowest BCUT2D eigenvalue weighted by atomic mass is 10.6. The Morgan fingerprint density at radius 3 is 2.67 bits per heavy atom. The predicted molar refractivity (Wildman–Crippen MR) is 44.8 cm³/mol. The van der Waals surface area contributed by atoms with Crippen LogP contribution < -0.4 is 10.6 Å². The number of likely N-dealkylation sites (N-methyl/N-ethyl adjacent to an activating group) is 1. The molecule has 0 rings (SSSR count). The SMILES string of the molecule is CNCCOCCNC(=O)CO. The van der Waals surface area contributed by atoms with Crippen LogP contribution in [0.1, 0.15) is 0 Å². The highest BCUT2D eigenvalue weighted by Crippen LogP contribution is 1.71. The molecule has 0 aliphatic heterocycles. The fraction of sp³-hybridized carbons (Fsp3) is 0.857. The summed E-state index contributed by atoms with van der Waals surface area (Å²) in [5.41, 5.74) is 0. The minimum Gasteiger partial charge on any atom is -0.387 e. The molecular weight excluding hydrogens is 160 g/mol. The van der Waals surface area contributed by atoms with Crippen LogP contribution in [0.25, 0.3) is 0 Å². The average molecular weight is 176 g/mol. The third-order valence-corrected chi connectivity index (χ3v) is 1.21. The van der Waals surface area contributed by atoms with Crippen LogP contribution >= 0.6 is 0 Å². The van der Waals surface area contributed by atoms with Gasteiger partial charge in [-0.05, 0) is 7.05 Å². The monoisotopic (exact) mass is 176 g/mol. The number of hydrogen-bond acceptors (Lipinski definition) is 4. The van der Waals surface area contributed by atoms with Gasteiger partial charge in [0.15, 0.2) is 0 Å². The number of rotatable bonds is 7. The van der Waals surface area contributed by atoms with Gasteiger partial charge in [-0.1, -0.05) is 0 Å². The maximum Gasteiger partial charge on any atom is 0.245 e. The van der Waals surface area contributed by atoms with E-state index in [9.17, 15) is 4.79 Å². The minimum atomic E-state index is -0.462. The van der Waals surface area contributed by atoms with E-state index in [1.807, 2.05) is 7.05 Å². The number of nitrogens with one attached hydrogen (secondary N) is 2. The molecule has 5 heteroatoms. The summed E-state index contributed by atoms with van der Waals surface area (Å²) < 4.78 is 5.11. The van der Waals surface area contributed by atoms with Crippen molar-refractivity contribution in [3.63, 3.8) is 0 Å². The first-order valence-electron chi connectivity index (χ1n) is 3.91. The number of amides is 1. The van der Waals surface area contributed by atoms with E-state index in [4.69, 9.17) is 9.84 Å². The van der Waals surface area contributed by atoms with Gasteiger partial charge in [-0.25, -0.2) is 0 Å². The first-order chi connectivity index (χ1) is 5.81. The second-order valence-corrected chi connectivity index (χ2v) is 2.22. The standard InChI is InChI=1S/C7H16N2O3/c1-8-2-4-12-5-3-9-7(11)6-10/h8,10H,2-6H2,1H3,(H,9,11). The quantitative estimate of drug-likeness (QED) is 0.406. The molecule has 0 aliphatic rings. The van der Waals surface area contributed by atoms with Gasteiger partial charge in [0, 0.05) is 13.1 Å². The summed E-state index contributed by atoms with van der Waals surface area (Å²) in [6.07, 6.45) is 0. The highest BCUT2D eigenvalue weighted by molar-refractivity contribution is 5.76. The van der Waals surface area contributed by atoms with Gasteiger partial charge in [0.25, 0.3) is 0 Å². The zero-order chi connectivity index (χ0) is 9.23. The van der Waals surface area contributed by atoms with Crippen LogP contribution in [0, 0.1) is 0 Å². The first kappa shape index (κ1) is 11.4. The van der Waals surface area contributed by atoms with Gasteiger partial charge in [-0.3, -0.25) is 4.79 Å². The maximum atomic E-state index is 10.5. The molecule has 0 aromatic heterocycles. The maximum absolute atomic E-state index is 10.5. The zero-order valence-corrected chi connectivity index (χ0v) is 7.30. The first-order valence-corrected chi connectivity index (χ1v) is 3.91. The molecule has 0 bridgehead atoms. The fourth-order valence-corrected chi connectivity index (χ4v) is 0.595. The van der Waals surface area contributed by atoms with Crippen molar-refractivity contribution in [2.45, 2.75) is 0 Å². The smallest absolute Gasteiger partial charge is 0.245 e. The summed E-state index contributed by atoms with van der Waals surface area (Å²) in [5, 5.41) is 13.7. The van der Waals surface area contributed by atoms with Crippen LogP contribution in [0.15, 0.2) is 0 Å². The van der Waals surface area contributed by atoms with E-state index in [-0.39, 0.29) is 5.91 Å². The fourth-order valence-electron chi connectivity index (χ4n) is 0.595. The highest BCUT2D eigenvalue weighted by Gasteiger charge is 1.95. The third-order valence-electron chi connectivity index (χ3n) is 1.21. The molecule has 0 heterocycles. The van der Waals surface area contributed by atoms with Gasteiger partial charge in [0.2, 0.25) is 5.91 Å². The van der Waals surface area contributed by atoms with Crippen LogP contribution in [-0.2, 0) is 9.53 Å². The molecule has 5 nitrogen and oxygen atoms in total. The number of carbonyl (C=O) groups is 1. The molecule has 0 saturated heterocycles. The van der Waals surface area contributed by atoms with E-state index in [1.54, 1.807) is 0 Å². The molecule has 0 atom stereocenters. The van der Waals surface area contributed by atoms with E-state index in [2.05, 4.69) is 10.6 Å². The summed E-state index contributed by atoms with van der Waals surface area (Å²) in [7, 11) is 1.84. The van der Waals surface area contributed by atoms with Crippen molar-refractivity contribution in [1.82, 2.24) is 10.6 Å². The van der Waals surface area contributed by atoms with Crippen molar-refractivity contribution >= 4 is 5.91 Å². The molecule has 72 valence electrons. The molecule has 1 amide bonds. The molecule has 0 aromatic rings. The molecule has 0 saturated carbocycles. The molecular formula is C7H16N2O3. The molecule has 0 aliphatic carbocycles. The lowest BCUT2D eigenvalue weighted by Crippen LogP contribution is -2.30. The van der Waals surface area contributed by atoms with Crippen LogP contribution in [0.4, 0.5) is 0 Å². The number of aliphatic hydroxyl groups excluding tert-OH is 1. The lowest BCUT2D eigenvalue weighted by Gasteiger charge is -2.04. The van der Waals surface area contributed by atoms with E-state index >= 15 is 0 Å². The Labute approximate surface area is 72.1 Å². The summed E-state index contributed by atoms with van der Waals surface area (Å²) in [6, 6.07) is 0. The molecule has 0 radical (unpaired) electrons. The Morgan fingerprint density at radius 2 is 2.08 bits per heavy atom. The molecule has 0 unspecified atom stereocenters. The van der Waals surface area contributed by atoms with E-state index in [0.29, 0.717) is 19.8 Å². The van der Waals surface area contributed by atoms with Crippen molar-refractivity contribution in [3.8, 4) is 0 Å². The van der Waals surface area contributed by atoms with Crippen molar-refractivity contribution in [2.24, 2.45) is 0 Å². The number of aliphatic hydroxyl groups is 1. The van der Waals surface area contributed by atoms with E-state index in [1.165, 1.54) is 0 Å². The number of carbonyl (C=O) groups excluding carboxylic acids is 1. The largest absolute Gasteiger partial charge is 0.387 e. The van der Waals surface area contributed by atoms with Crippen LogP contribution in [0.5, 0.6) is 0 Å². The van der Waals surface area contributed by atoms with Crippen molar-refractivity contribution in [2.75, 3.05) is 40.0 Å². The van der Waals surface area contributed by atoms with Gasteiger partial charge in [-0.2, -0.15) is 0 Å². The second-order valence-electron chi connectivity index (χ2n) is 2.22. The average Bonchev–Trinajstić information content (AvgIpc) is 2.10. The normalized spacial score (nSPS) is 9.83. The summed E-state index contributed by atoms with van der Waals surface area (Å²) in [5.74, 6) is -0.368. The van der Waals surface area contributed by atoms with Crippen LogP contribution in [0.2, 0.25) is 0 Å². The number of hydrogen-bond donors (Lipinski definition) is 3. The number of ether oxygens (including phenoxy) is 1. The van der Waals surface area contributed by atoms with E-state index in [0.717, 1.165) is 6.54 Å². The van der Waals surface area contributed by atoms with Crippen LogP contribution in [-0.4, -0.2) is 51.0 Å². The van der Waals surface area contributed by atoms with Crippen molar-refractivity contribution in [3.05, 3.63) is 0 Å². The lowest BCUT2D eigenvalue weighted by molar-refractivity contribution is -0.124. The predicted octanol–water partition coefficient (Wildman–Crippen LogP) is -1.67. The second kappa shape index (κ2) is 8.45. The molecule has 0 aromatic carbocycles. The van der Waals surface area contributed by atoms with Crippen molar-refractivity contribution in [1.29, 1.82) is 0 Å². The third kappa shape index (κ3) is 7.46. The Kier molecular flexibility index (Phi) is 7.99. The van der Waals surface area contributed by atoms with Gasteiger partial charge >= 0.3 is 0 Å². The summed E-state index contributed by atoms with van der Waals surface area (Å²) in [4.78, 5) is 10.5. The van der Waals surface area contributed by atoms with Gasteiger partial charge in [0.05, 0.1) is 13.2 Å². The van der Waals surface area contributed by atoms with Gasteiger partial charge in [0.1, 0.15) is 6.61 Å². The van der Waals surface area contributed by atoms with Crippen molar-refractivity contribution < 1.29 is 14.6 Å². The Morgan fingerprint density at radius 1 is 1.42 bits per heavy atom. The van der Waals surface area contributed by atoms with Gasteiger partial charge < -0.3 is 20.5 Å². The summed E-state index contributed by atoms with van der Waals surface area (Å²) in [6.45, 7) is 1.90. The highest BCUT2D eigenvalue weighted by atomic mass is 16.5. The minimum absolute atomic E-state index is 0.368. The van der Waals surface area contributed by atoms with E-state index < -0.39 is 6.61 Å². The Hall–Kier alpha value is -0.650.